The van der Waals surface area contributed by atoms with Crippen molar-refractivity contribution in [2.75, 3.05) is 18.0 Å². The third-order valence-electron chi connectivity index (χ3n) is 3.51. The molecular formula is C19H17NO6. The first kappa shape index (κ1) is 18.7. The number of anilines is 1. The van der Waals surface area contributed by atoms with Crippen molar-refractivity contribution in [3.05, 3.63) is 65.7 Å². The van der Waals surface area contributed by atoms with Crippen LogP contribution in [0.15, 0.2) is 54.6 Å². The molecule has 0 aliphatic rings. The van der Waals surface area contributed by atoms with Crippen LogP contribution in [0.4, 0.5) is 5.69 Å². The second-order valence-corrected chi connectivity index (χ2v) is 5.45. The number of allylic oxidation sites excluding steroid dienone is 1. The Kier molecular flexibility index (Phi) is 6.10. The number of para-hydroxylation sites is 1. The summed E-state index contributed by atoms with van der Waals surface area (Å²) in [6.07, 6.45) is 2.87. The Morgan fingerprint density at radius 2 is 1.46 bits per heavy atom. The number of hydrogen-bond acceptors (Lipinski definition) is 5. The number of phenols is 1. The quantitative estimate of drug-likeness (QED) is 0.491. The molecule has 0 bridgehead atoms. The van der Waals surface area contributed by atoms with Gasteiger partial charge in [0, 0.05) is 5.69 Å². The van der Waals surface area contributed by atoms with Crippen molar-refractivity contribution < 1.29 is 29.7 Å². The number of carboxylic acids is 2. The molecule has 0 saturated heterocycles. The standard InChI is InChI=1S/C19H17NO6/c21-16-4-2-1-3-15(16)17(22)10-7-13-5-8-14(9-6-13)20(11-18(23)24)12-19(25)26/h1-10,21H,11-12H2,(H,23,24)(H,25,26). The van der Waals surface area contributed by atoms with Gasteiger partial charge in [0.25, 0.3) is 0 Å². The zero-order chi connectivity index (χ0) is 19.1. The van der Waals surface area contributed by atoms with Crippen LogP contribution >= 0.6 is 0 Å². The van der Waals surface area contributed by atoms with Crippen LogP contribution in [0.25, 0.3) is 6.08 Å². The molecule has 0 fully saturated rings. The first-order chi connectivity index (χ1) is 12.4. The lowest BCUT2D eigenvalue weighted by molar-refractivity contribution is -0.136. The number of aromatic hydroxyl groups is 1. The van der Waals surface area contributed by atoms with E-state index in [1.54, 1.807) is 42.5 Å². The maximum absolute atomic E-state index is 12.1. The minimum Gasteiger partial charge on any atom is -0.507 e. The summed E-state index contributed by atoms with van der Waals surface area (Å²) >= 11 is 0. The van der Waals surface area contributed by atoms with Gasteiger partial charge in [-0.25, -0.2) is 0 Å². The molecule has 0 amide bonds. The molecule has 0 heterocycles. The van der Waals surface area contributed by atoms with Gasteiger partial charge in [0.2, 0.25) is 0 Å². The van der Waals surface area contributed by atoms with E-state index in [1.165, 1.54) is 23.1 Å². The van der Waals surface area contributed by atoms with Gasteiger partial charge in [-0.2, -0.15) is 0 Å². The molecule has 134 valence electrons. The molecule has 0 spiro atoms. The summed E-state index contributed by atoms with van der Waals surface area (Å²) in [5.74, 6) is -2.73. The molecule has 0 aliphatic heterocycles. The lowest BCUT2D eigenvalue weighted by atomic mass is 10.1. The monoisotopic (exact) mass is 355 g/mol. The number of ketones is 1. The number of carboxylic acid groups (broad SMARTS) is 2. The molecule has 2 rings (SSSR count). The van der Waals surface area contributed by atoms with Gasteiger partial charge in [-0.15, -0.1) is 0 Å². The van der Waals surface area contributed by atoms with Gasteiger partial charge >= 0.3 is 11.9 Å². The van der Waals surface area contributed by atoms with E-state index < -0.39 is 25.0 Å². The summed E-state index contributed by atoms with van der Waals surface area (Å²) in [6, 6.07) is 12.6. The minimum atomic E-state index is -1.14. The fraction of sp³-hybridized carbons (Fsp3) is 0.105. The number of hydrogen-bond donors (Lipinski definition) is 3. The minimum absolute atomic E-state index is 0.101. The van der Waals surface area contributed by atoms with E-state index in [4.69, 9.17) is 10.2 Å². The first-order valence-electron chi connectivity index (χ1n) is 7.66. The zero-order valence-electron chi connectivity index (χ0n) is 13.7. The van der Waals surface area contributed by atoms with Crippen molar-refractivity contribution in [1.29, 1.82) is 0 Å². The largest absolute Gasteiger partial charge is 0.507 e. The van der Waals surface area contributed by atoms with E-state index >= 15 is 0 Å². The summed E-state index contributed by atoms with van der Waals surface area (Å²) in [7, 11) is 0. The molecule has 2 aromatic carbocycles. The van der Waals surface area contributed by atoms with E-state index in [-0.39, 0.29) is 17.1 Å². The number of carbonyl (C=O) groups is 3. The fourth-order valence-corrected chi connectivity index (χ4v) is 2.30. The van der Waals surface area contributed by atoms with E-state index in [9.17, 15) is 19.5 Å². The normalized spacial score (nSPS) is 10.6. The highest BCUT2D eigenvalue weighted by atomic mass is 16.4. The van der Waals surface area contributed by atoms with Crippen LogP contribution in [0.1, 0.15) is 15.9 Å². The van der Waals surface area contributed by atoms with E-state index in [0.29, 0.717) is 11.3 Å². The zero-order valence-corrected chi connectivity index (χ0v) is 13.7. The predicted molar refractivity (Wildman–Crippen MR) is 95.4 cm³/mol. The molecule has 0 radical (unpaired) electrons. The topological polar surface area (TPSA) is 115 Å². The third kappa shape index (κ3) is 5.20. The van der Waals surface area contributed by atoms with Gasteiger partial charge in [-0.3, -0.25) is 14.4 Å². The lowest BCUT2D eigenvalue weighted by Crippen LogP contribution is -2.34. The molecule has 0 aliphatic carbocycles. The highest BCUT2D eigenvalue weighted by molar-refractivity contribution is 6.08. The maximum atomic E-state index is 12.1. The Morgan fingerprint density at radius 1 is 0.885 bits per heavy atom. The van der Waals surface area contributed by atoms with Crippen LogP contribution in [0.3, 0.4) is 0 Å². The summed E-state index contributed by atoms with van der Waals surface area (Å²) in [6.45, 7) is -0.874. The average molecular weight is 355 g/mol. The number of nitrogens with zero attached hydrogens (tertiary/aromatic N) is 1. The van der Waals surface area contributed by atoms with Crippen molar-refractivity contribution in [3.63, 3.8) is 0 Å². The fourth-order valence-electron chi connectivity index (χ4n) is 2.30. The van der Waals surface area contributed by atoms with E-state index in [1.807, 2.05) is 0 Å². The molecule has 26 heavy (non-hydrogen) atoms. The molecular weight excluding hydrogens is 338 g/mol. The summed E-state index contributed by atoms with van der Waals surface area (Å²) in [4.78, 5) is 35.0. The Labute approximate surface area is 149 Å². The van der Waals surface area contributed by atoms with Crippen LogP contribution in [-0.4, -0.2) is 46.1 Å². The average Bonchev–Trinajstić information content (AvgIpc) is 2.59. The van der Waals surface area contributed by atoms with Gasteiger partial charge in [-0.1, -0.05) is 30.3 Å². The highest BCUT2D eigenvalue weighted by Crippen LogP contribution is 2.19. The van der Waals surface area contributed by atoms with Crippen LogP contribution in [-0.2, 0) is 9.59 Å². The van der Waals surface area contributed by atoms with Crippen LogP contribution in [0, 0.1) is 0 Å². The van der Waals surface area contributed by atoms with E-state index in [0.717, 1.165) is 0 Å². The molecule has 7 nitrogen and oxygen atoms in total. The molecule has 7 heteroatoms. The van der Waals surface area contributed by atoms with Gasteiger partial charge in [0.15, 0.2) is 5.78 Å². The lowest BCUT2D eigenvalue weighted by Gasteiger charge is -2.20. The van der Waals surface area contributed by atoms with Gasteiger partial charge < -0.3 is 20.2 Å². The number of aliphatic carboxylic acids is 2. The van der Waals surface area contributed by atoms with Crippen molar-refractivity contribution in [2.45, 2.75) is 0 Å². The SMILES string of the molecule is O=C(O)CN(CC(=O)O)c1ccc(C=CC(=O)c2ccccc2O)cc1. The molecule has 3 N–H and O–H groups in total. The molecule has 0 saturated carbocycles. The Morgan fingerprint density at radius 3 is 2.00 bits per heavy atom. The van der Waals surface area contributed by atoms with Crippen molar-refractivity contribution in [1.82, 2.24) is 0 Å². The third-order valence-corrected chi connectivity index (χ3v) is 3.51. The number of carbonyl (C=O) groups excluding carboxylic acids is 1. The molecule has 0 unspecified atom stereocenters. The van der Waals surface area contributed by atoms with E-state index in [2.05, 4.69) is 0 Å². The number of benzene rings is 2. The summed E-state index contributed by atoms with van der Waals surface area (Å²) < 4.78 is 0. The van der Waals surface area contributed by atoms with Crippen LogP contribution in [0.5, 0.6) is 5.75 Å². The van der Waals surface area contributed by atoms with Gasteiger partial charge in [-0.05, 0) is 35.9 Å². The molecule has 0 atom stereocenters. The van der Waals surface area contributed by atoms with Gasteiger partial charge in [0.1, 0.15) is 18.8 Å². The summed E-state index contributed by atoms with van der Waals surface area (Å²) in [5, 5.41) is 27.4. The van der Waals surface area contributed by atoms with Crippen LogP contribution in [0.2, 0.25) is 0 Å². The number of rotatable bonds is 8. The van der Waals surface area contributed by atoms with Crippen LogP contribution < -0.4 is 4.90 Å². The Balaban J connectivity index is 2.13. The Bertz CT molecular complexity index is 825. The molecule has 0 aromatic heterocycles. The second-order valence-electron chi connectivity index (χ2n) is 5.45. The van der Waals surface area contributed by atoms with Gasteiger partial charge in [0.05, 0.1) is 5.56 Å². The number of phenolic OH excluding ortho intramolecular Hbond substituents is 1. The first-order valence-corrected chi connectivity index (χ1v) is 7.66. The smallest absolute Gasteiger partial charge is 0.323 e. The predicted octanol–water partition coefficient (Wildman–Crippen LogP) is 2.26. The summed E-state index contributed by atoms with van der Waals surface area (Å²) in [5.41, 5.74) is 1.30. The highest BCUT2D eigenvalue weighted by Gasteiger charge is 2.14. The van der Waals surface area contributed by atoms with Crippen molar-refractivity contribution in [2.24, 2.45) is 0 Å². The van der Waals surface area contributed by atoms with Crippen molar-refractivity contribution in [3.8, 4) is 5.75 Å². The maximum Gasteiger partial charge on any atom is 0.323 e. The second kappa shape index (κ2) is 8.48. The Hall–Kier alpha value is -3.61. The molecule has 2 aromatic rings. The van der Waals surface area contributed by atoms with Crippen molar-refractivity contribution >= 4 is 29.5 Å².